The second-order valence-corrected chi connectivity index (χ2v) is 7.03. The van der Waals surface area contributed by atoms with Crippen LogP contribution in [0.2, 0.25) is 0 Å². The van der Waals surface area contributed by atoms with Crippen LogP contribution in [0.5, 0.6) is 5.75 Å². The Morgan fingerprint density at radius 3 is 2.65 bits per heavy atom. The molecule has 0 unspecified atom stereocenters. The van der Waals surface area contributed by atoms with Gasteiger partial charge in [0.1, 0.15) is 12.4 Å². The molecule has 2 heteroatoms. The topological polar surface area (TPSA) is 26.3 Å². The van der Waals surface area contributed by atoms with Gasteiger partial charge < -0.3 is 4.74 Å². The number of carbonyl (C=O) groups excluding carboxylic acids is 1. The van der Waals surface area contributed by atoms with Crippen molar-refractivity contribution in [3.63, 3.8) is 0 Å². The van der Waals surface area contributed by atoms with Crippen LogP contribution in [0.1, 0.15) is 47.8 Å². The van der Waals surface area contributed by atoms with Crippen LogP contribution in [0.25, 0.3) is 5.57 Å². The number of rotatable bonds is 2. The maximum Gasteiger partial charge on any atom is 0.194 e. The summed E-state index contributed by atoms with van der Waals surface area (Å²) in [5, 5.41) is 0. The van der Waals surface area contributed by atoms with Gasteiger partial charge in [-0.15, -0.1) is 0 Å². The van der Waals surface area contributed by atoms with Crippen molar-refractivity contribution >= 4 is 11.4 Å². The predicted octanol–water partition coefficient (Wildman–Crippen LogP) is 5.53. The van der Waals surface area contributed by atoms with E-state index in [9.17, 15) is 4.79 Å². The van der Waals surface area contributed by atoms with Crippen LogP contribution in [-0.2, 0) is 6.42 Å². The Morgan fingerprint density at radius 1 is 1.08 bits per heavy atom. The van der Waals surface area contributed by atoms with E-state index in [1.165, 1.54) is 5.56 Å². The van der Waals surface area contributed by atoms with Crippen LogP contribution in [-0.4, -0.2) is 12.4 Å². The largest absolute Gasteiger partial charge is 0.488 e. The maximum absolute atomic E-state index is 13.2. The fourth-order valence-corrected chi connectivity index (χ4v) is 3.63. The summed E-state index contributed by atoms with van der Waals surface area (Å²) >= 11 is 0. The summed E-state index contributed by atoms with van der Waals surface area (Å²) in [6.07, 6.45) is 4.90. The Bertz CT molecular complexity index is 999. The molecule has 0 fully saturated rings. The van der Waals surface area contributed by atoms with Gasteiger partial charge in [-0.25, -0.2) is 0 Å². The minimum absolute atomic E-state index is 0.0851. The van der Waals surface area contributed by atoms with Crippen molar-refractivity contribution in [2.24, 2.45) is 0 Å². The quantitative estimate of drug-likeness (QED) is 0.671. The summed E-state index contributed by atoms with van der Waals surface area (Å²) in [4.78, 5) is 13.2. The molecule has 2 nitrogen and oxygen atoms in total. The number of ketones is 1. The lowest BCUT2D eigenvalue weighted by atomic mass is 9.77. The Morgan fingerprint density at radius 2 is 1.88 bits per heavy atom. The molecule has 2 aromatic carbocycles. The van der Waals surface area contributed by atoms with Crippen LogP contribution >= 0.6 is 0 Å². The first-order valence-corrected chi connectivity index (χ1v) is 9.09. The summed E-state index contributed by atoms with van der Waals surface area (Å²) < 4.78 is 5.98. The third-order valence-electron chi connectivity index (χ3n) is 4.99. The van der Waals surface area contributed by atoms with E-state index in [0.29, 0.717) is 6.61 Å². The average molecular weight is 342 g/mol. The van der Waals surface area contributed by atoms with E-state index < -0.39 is 0 Å². The third-order valence-corrected chi connectivity index (χ3v) is 4.99. The zero-order valence-electron chi connectivity index (χ0n) is 15.4. The van der Waals surface area contributed by atoms with Gasteiger partial charge >= 0.3 is 0 Å². The van der Waals surface area contributed by atoms with Gasteiger partial charge in [0, 0.05) is 27.8 Å². The van der Waals surface area contributed by atoms with Crippen molar-refractivity contribution < 1.29 is 9.53 Å². The number of benzene rings is 2. The highest BCUT2D eigenvalue weighted by Gasteiger charge is 2.33. The lowest BCUT2D eigenvalue weighted by Crippen LogP contribution is -2.23. The molecule has 0 amide bonds. The first-order valence-electron chi connectivity index (χ1n) is 9.09. The van der Waals surface area contributed by atoms with Crippen LogP contribution in [0, 0.1) is 0 Å². The first kappa shape index (κ1) is 16.6. The summed E-state index contributed by atoms with van der Waals surface area (Å²) in [6.45, 7) is 6.64. The number of aryl methyl sites for hydroxylation is 1. The monoisotopic (exact) mass is 342 g/mol. The summed E-state index contributed by atoms with van der Waals surface area (Å²) in [5.41, 5.74) is 8.17. The first-order chi connectivity index (χ1) is 12.6. The minimum atomic E-state index is 0.0851. The number of para-hydroxylation sites is 1. The van der Waals surface area contributed by atoms with Crippen molar-refractivity contribution in [3.8, 4) is 5.75 Å². The summed E-state index contributed by atoms with van der Waals surface area (Å²) in [7, 11) is 0. The van der Waals surface area contributed by atoms with Crippen LogP contribution in [0.4, 0.5) is 0 Å². The normalized spacial score (nSPS) is 16.6. The number of hydrogen-bond donors (Lipinski definition) is 0. The van der Waals surface area contributed by atoms with Gasteiger partial charge in [0.15, 0.2) is 5.78 Å². The van der Waals surface area contributed by atoms with Gasteiger partial charge in [0.25, 0.3) is 0 Å². The molecule has 0 N–H and O–H groups in total. The average Bonchev–Trinajstić information content (AvgIpc) is 2.66. The molecule has 0 bridgehead atoms. The van der Waals surface area contributed by atoms with E-state index in [2.05, 4.69) is 25.1 Å². The molecule has 0 radical (unpaired) electrons. The minimum Gasteiger partial charge on any atom is -0.488 e. The van der Waals surface area contributed by atoms with Gasteiger partial charge in [-0.05, 0) is 37.5 Å². The molecule has 26 heavy (non-hydrogen) atoms. The molecule has 1 heterocycles. The Balaban J connectivity index is 2.04. The molecule has 0 spiro atoms. The Hall–Kier alpha value is -2.87. The smallest absolute Gasteiger partial charge is 0.194 e. The lowest BCUT2D eigenvalue weighted by molar-refractivity contribution is 0.103. The number of ether oxygens (including phenoxy) is 1. The van der Waals surface area contributed by atoms with Gasteiger partial charge in [0.2, 0.25) is 0 Å². The molecule has 0 saturated carbocycles. The van der Waals surface area contributed by atoms with Crippen molar-refractivity contribution in [1.29, 1.82) is 0 Å². The van der Waals surface area contributed by atoms with Gasteiger partial charge in [-0.2, -0.15) is 0 Å². The molecule has 130 valence electrons. The second-order valence-electron chi connectivity index (χ2n) is 7.03. The fraction of sp³-hybridized carbons (Fsp3) is 0.208. The highest BCUT2D eigenvalue weighted by Crippen LogP contribution is 2.44. The van der Waals surface area contributed by atoms with E-state index in [0.717, 1.165) is 51.2 Å². The molecule has 0 saturated heterocycles. The fourth-order valence-electron chi connectivity index (χ4n) is 3.63. The maximum atomic E-state index is 13.2. The predicted molar refractivity (Wildman–Crippen MR) is 106 cm³/mol. The standard InChI is InChI=1S/C24H22O2/c1-4-16-10-12-17-20(13-16)23-19-7-5-6-8-22(19)26-14-21(23)18(24(17)25)11-9-15(2)3/h5-13H,4,14H2,1-3H3/b18-11-. The van der Waals surface area contributed by atoms with E-state index in [-0.39, 0.29) is 5.78 Å². The van der Waals surface area contributed by atoms with E-state index in [1.807, 2.05) is 50.3 Å². The zero-order chi connectivity index (χ0) is 18.3. The van der Waals surface area contributed by atoms with Gasteiger partial charge in [0.05, 0.1) is 0 Å². The van der Waals surface area contributed by atoms with E-state index >= 15 is 0 Å². The number of Topliss-reactive ketones (excluding diaryl/α,β-unsaturated/α-hetero) is 1. The molecule has 0 atom stereocenters. The molecule has 0 aromatic heterocycles. The number of hydrogen-bond acceptors (Lipinski definition) is 2. The lowest BCUT2D eigenvalue weighted by Gasteiger charge is -2.30. The Labute approximate surface area is 154 Å². The van der Waals surface area contributed by atoms with Gasteiger partial charge in [-0.1, -0.05) is 61.0 Å². The third kappa shape index (κ3) is 2.62. The highest BCUT2D eigenvalue weighted by atomic mass is 16.5. The zero-order valence-corrected chi connectivity index (χ0v) is 15.4. The van der Waals surface area contributed by atoms with Gasteiger partial charge in [-0.3, -0.25) is 4.79 Å². The van der Waals surface area contributed by atoms with Crippen LogP contribution in [0.3, 0.4) is 0 Å². The molecule has 1 aliphatic carbocycles. The van der Waals surface area contributed by atoms with Crippen molar-refractivity contribution in [1.82, 2.24) is 0 Å². The van der Waals surface area contributed by atoms with E-state index in [4.69, 9.17) is 4.74 Å². The van der Waals surface area contributed by atoms with Crippen molar-refractivity contribution in [2.45, 2.75) is 27.2 Å². The van der Waals surface area contributed by atoms with Crippen molar-refractivity contribution in [3.05, 3.63) is 93.6 Å². The second kappa shape index (κ2) is 6.45. The summed E-state index contributed by atoms with van der Waals surface area (Å²) in [5.74, 6) is 0.969. The number of allylic oxidation sites excluding steroid dienone is 3. The van der Waals surface area contributed by atoms with Crippen LogP contribution < -0.4 is 4.74 Å². The molecule has 2 aromatic rings. The van der Waals surface area contributed by atoms with E-state index in [1.54, 1.807) is 0 Å². The molecular formula is C24H22O2. The Kier molecular flexibility index (Phi) is 4.12. The number of carbonyl (C=O) groups is 1. The molecule has 2 aliphatic rings. The molecule has 4 rings (SSSR count). The number of fused-ring (bicyclic) bond motifs is 4. The van der Waals surface area contributed by atoms with Crippen molar-refractivity contribution in [2.75, 3.05) is 6.61 Å². The summed E-state index contributed by atoms with van der Waals surface area (Å²) in [6, 6.07) is 14.3. The highest BCUT2D eigenvalue weighted by molar-refractivity contribution is 6.20. The molecular weight excluding hydrogens is 320 g/mol. The molecule has 1 aliphatic heterocycles. The van der Waals surface area contributed by atoms with Crippen LogP contribution in [0.15, 0.2) is 71.3 Å². The SMILES string of the molecule is CCc1ccc2c(c1)C1=C(COc3ccccc31)/C(=C/C=C(C)C)C2=O.